The highest BCUT2D eigenvalue weighted by molar-refractivity contribution is 5.81. The van der Waals surface area contributed by atoms with Crippen LogP contribution in [0.25, 0.3) is 0 Å². The normalized spacial score (nSPS) is 13.5. The molecule has 0 aromatic carbocycles. The molecule has 1 atom stereocenters. The SMILES string of the molecule is CCCOCCCNC(C)C(=O)NC(C)(C)C. The summed E-state index contributed by atoms with van der Waals surface area (Å²) in [4.78, 5) is 11.7. The third kappa shape index (κ3) is 10.3. The van der Waals surface area contributed by atoms with Crippen LogP contribution in [0.15, 0.2) is 0 Å². The summed E-state index contributed by atoms with van der Waals surface area (Å²) < 4.78 is 5.37. The first-order valence-electron chi connectivity index (χ1n) is 6.50. The van der Waals surface area contributed by atoms with Gasteiger partial charge in [-0.3, -0.25) is 4.79 Å². The summed E-state index contributed by atoms with van der Waals surface area (Å²) in [5.74, 6) is 0.0481. The van der Waals surface area contributed by atoms with Crippen LogP contribution in [0.3, 0.4) is 0 Å². The molecule has 0 rings (SSSR count). The van der Waals surface area contributed by atoms with Crippen LogP contribution in [0.4, 0.5) is 0 Å². The predicted molar refractivity (Wildman–Crippen MR) is 71.1 cm³/mol. The largest absolute Gasteiger partial charge is 0.381 e. The molecule has 0 aliphatic rings. The van der Waals surface area contributed by atoms with Crippen molar-refractivity contribution in [2.75, 3.05) is 19.8 Å². The van der Waals surface area contributed by atoms with E-state index in [-0.39, 0.29) is 17.5 Å². The van der Waals surface area contributed by atoms with Crippen molar-refractivity contribution in [2.45, 2.75) is 59.0 Å². The molecule has 0 saturated carbocycles. The van der Waals surface area contributed by atoms with E-state index in [2.05, 4.69) is 17.6 Å². The van der Waals surface area contributed by atoms with Crippen molar-refractivity contribution in [3.05, 3.63) is 0 Å². The molecule has 4 nitrogen and oxygen atoms in total. The molecule has 0 heterocycles. The van der Waals surface area contributed by atoms with Crippen LogP contribution in [0.5, 0.6) is 0 Å². The minimum atomic E-state index is -0.169. The number of carbonyl (C=O) groups excluding carboxylic acids is 1. The third-order valence-corrected chi connectivity index (χ3v) is 2.16. The Morgan fingerprint density at radius 1 is 1.29 bits per heavy atom. The maximum atomic E-state index is 11.7. The molecular formula is C13H28N2O2. The van der Waals surface area contributed by atoms with Gasteiger partial charge in [-0.15, -0.1) is 0 Å². The Kier molecular flexibility index (Phi) is 8.17. The molecule has 0 fully saturated rings. The predicted octanol–water partition coefficient (Wildman–Crippen LogP) is 1.70. The van der Waals surface area contributed by atoms with Crippen molar-refractivity contribution in [2.24, 2.45) is 0 Å². The second-order valence-corrected chi connectivity index (χ2v) is 5.38. The molecule has 0 saturated heterocycles. The van der Waals surface area contributed by atoms with Gasteiger partial charge in [0.05, 0.1) is 6.04 Å². The van der Waals surface area contributed by atoms with Crippen LogP contribution in [0.1, 0.15) is 47.5 Å². The number of hydrogen-bond donors (Lipinski definition) is 2. The Morgan fingerprint density at radius 3 is 2.47 bits per heavy atom. The van der Waals surface area contributed by atoms with Crippen LogP contribution in [0.2, 0.25) is 0 Å². The fourth-order valence-electron chi connectivity index (χ4n) is 1.31. The van der Waals surface area contributed by atoms with Gasteiger partial charge in [0.1, 0.15) is 0 Å². The molecule has 0 aromatic rings. The fourth-order valence-corrected chi connectivity index (χ4v) is 1.31. The number of rotatable bonds is 8. The standard InChI is InChI=1S/C13H28N2O2/c1-6-9-17-10-7-8-14-11(2)12(16)15-13(3,4)5/h11,14H,6-10H2,1-5H3,(H,15,16). The second kappa shape index (κ2) is 8.48. The van der Waals surface area contributed by atoms with Gasteiger partial charge in [0.25, 0.3) is 0 Å². The lowest BCUT2D eigenvalue weighted by Gasteiger charge is -2.23. The van der Waals surface area contributed by atoms with Crippen LogP contribution in [-0.2, 0) is 9.53 Å². The van der Waals surface area contributed by atoms with Gasteiger partial charge in [-0.05, 0) is 47.1 Å². The summed E-state index contributed by atoms with van der Waals surface area (Å²) in [7, 11) is 0. The highest BCUT2D eigenvalue weighted by Crippen LogP contribution is 1.99. The van der Waals surface area contributed by atoms with E-state index >= 15 is 0 Å². The topological polar surface area (TPSA) is 50.4 Å². The van der Waals surface area contributed by atoms with Gasteiger partial charge in [-0.1, -0.05) is 6.92 Å². The van der Waals surface area contributed by atoms with E-state index < -0.39 is 0 Å². The molecule has 102 valence electrons. The van der Waals surface area contributed by atoms with Crippen molar-refractivity contribution in [1.29, 1.82) is 0 Å². The molecule has 0 aliphatic heterocycles. The van der Waals surface area contributed by atoms with Crippen molar-refractivity contribution in [1.82, 2.24) is 10.6 Å². The van der Waals surface area contributed by atoms with Crippen LogP contribution in [-0.4, -0.2) is 37.2 Å². The summed E-state index contributed by atoms with van der Waals surface area (Å²) in [5, 5.41) is 6.14. The average molecular weight is 244 g/mol. The molecule has 0 spiro atoms. The number of nitrogens with one attached hydrogen (secondary N) is 2. The zero-order chi connectivity index (χ0) is 13.3. The molecule has 0 radical (unpaired) electrons. The van der Waals surface area contributed by atoms with Gasteiger partial charge in [-0.2, -0.15) is 0 Å². The minimum Gasteiger partial charge on any atom is -0.381 e. The number of amides is 1. The first-order valence-corrected chi connectivity index (χ1v) is 6.50. The molecule has 0 bridgehead atoms. The Morgan fingerprint density at radius 2 is 1.94 bits per heavy atom. The first kappa shape index (κ1) is 16.4. The van der Waals surface area contributed by atoms with Crippen LogP contribution in [0, 0.1) is 0 Å². The smallest absolute Gasteiger partial charge is 0.237 e. The van der Waals surface area contributed by atoms with Crippen molar-refractivity contribution >= 4 is 5.91 Å². The lowest BCUT2D eigenvalue weighted by molar-refractivity contribution is -0.124. The molecule has 2 N–H and O–H groups in total. The Bertz CT molecular complexity index is 212. The van der Waals surface area contributed by atoms with E-state index in [0.717, 1.165) is 32.6 Å². The molecule has 1 unspecified atom stereocenters. The first-order chi connectivity index (χ1) is 7.87. The molecular weight excluding hydrogens is 216 g/mol. The lowest BCUT2D eigenvalue weighted by atomic mass is 10.1. The maximum absolute atomic E-state index is 11.7. The molecule has 0 aromatic heterocycles. The van der Waals surface area contributed by atoms with Crippen LogP contribution >= 0.6 is 0 Å². The highest BCUT2D eigenvalue weighted by Gasteiger charge is 2.18. The average Bonchev–Trinajstić information content (AvgIpc) is 2.20. The van der Waals surface area contributed by atoms with Gasteiger partial charge >= 0.3 is 0 Å². The zero-order valence-corrected chi connectivity index (χ0v) is 11.9. The second-order valence-electron chi connectivity index (χ2n) is 5.38. The number of carbonyl (C=O) groups is 1. The summed E-state index contributed by atoms with van der Waals surface area (Å²) in [6.45, 7) is 12.3. The lowest BCUT2D eigenvalue weighted by Crippen LogP contribution is -2.49. The summed E-state index contributed by atoms with van der Waals surface area (Å²) in [5.41, 5.74) is -0.169. The summed E-state index contributed by atoms with van der Waals surface area (Å²) >= 11 is 0. The summed E-state index contributed by atoms with van der Waals surface area (Å²) in [6, 6.07) is -0.152. The minimum absolute atomic E-state index is 0.0481. The van der Waals surface area contributed by atoms with Gasteiger partial charge in [0.15, 0.2) is 0 Å². The Hall–Kier alpha value is -0.610. The number of hydrogen-bond acceptors (Lipinski definition) is 3. The van der Waals surface area contributed by atoms with Crippen molar-refractivity contribution in [3.63, 3.8) is 0 Å². The van der Waals surface area contributed by atoms with E-state index in [1.54, 1.807) is 0 Å². The molecule has 1 amide bonds. The van der Waals surface area contributed by atoms with E-state index in [1.165, 1.54) is 0 Å². The number of ether oxygens (including phenoxy) is 1. The quantitative estimate of drug-likeness (QED) is 0.639. The Balaban J connectivity index is 3.58. The van der Waals surface area contributed by atoms with Gasteiger partial charge in [0.2, 0.25) is 5.91 Å². The summed E-state index contributed by atoms with van der Waals surface area (Å²) in [6.07, 6.45) is 1.99. The van der Waals surface area contributed by atoms with Gasteiger partial charge in [0, 0.05) is 18.8 Å². The molecule has 4 heteroatoms. The van der Waals surface area contributed by atoms with Gasteiger partial charge < -0.3 is 15.4 Å². The third-order valence-electron chi connectivity index (χ3n) is 2.16. The zero-order valence-electron chi connectivity index (χ0n) is 11.9. The molecule has 0 aliphatic carbocycles. The maximum Gasteiger partial charge on any atom is 0.237 e. The fraction of sp³-hybridized carbons (Fsp3) is 0.923. The van der Waals surface area contributed by atoms with E-state index in [9.17, 15) is 4.79 Å². The monoisotopic (exact) mass is 244 g/mol. The van der Waals surface area contributed by atoms with Gasteiger partial charge in [-0.25, -0.2) is 0 Å². The van der Waals surface area contributed by atoms with E-state index in [1.807, 2.05) is 27.7 Å². The highest BCUT2D eigenvalue weighted by atomic mass is 16.5. The molecule has 17 heavy (non-hydrogen) atoms. The Labute approximate surface area is 105 Å². The van der Waals surface area contributed by atoms with Crippen molar-refractivity contribution < 1.29 is 9.53 Å². The van der Waals surface area contributed by atoms with E-state index in [0.29, 0.717) is 0 Å². The van der Waals surface area contributed by atoms with E-state index in [4.69, 9.17) is 4.74 Å². The van der Waals surface area contributed by atoms with Crippen LogP contribution < -0.4 is 10.6 Å². The van der Waals surface area contributed by atoms with Crippen molar-refractivity contribution in [3.8, 4) is 0 Å².